The number of carboxylic acids is 1. The summed E-state index contributed by atoms with van der Waals surface area (Å²) >= 11 is 3.45. The molecule has 0 saturated carbocycles. The lowest BCUT2D eigenvalue weighted by Crippen LogP contribution is -2.30. The second kappa shape index (κ2) is 11.8. The van der Waals surface area contributed by atoms with Crippen molar-refractivity contribution in [3.05, 3.63) is 100 Å². The van der Waals surface area contributed by atoms with E-state index in [1.807, 2.05) is 54.7 Å². The van der Waals surface area contributed by atoms with Crippen molar-refractivity contribution in [1.82, 2.24) is 14.7 Å². The van der Waals surface area contributed by atoms with Crippen molar-refractivity contribution in [3.8, 4) is 16.9 Å². The lowest BCUT2D eigenvalue weighted by Gasteiger charge is -2.23. The Morgan fingerprint density at radius 2 is 1.79 bits per heavy atom. The van der Waals surface area contributed by atoms with Crippen LogP contribution in [0.5, 0.6) is 0 Å². The van der Waals surface area contributed by atoms with Gasteiger partial charge in [0.1, 0.15) is 18.1 Å². The smallest absolute Gasteiger partial charge is 0.305 e. The van der Waals surface area contributed by atoms with E-state index in [0.29, 0.717) is 30.8 Å². The Morgan fingerprint density at radius 3 is 2.49 bits per heavy atom. The predicted octanol–water partition coefficient (Wildman–Crippen LogP) is 5.43. The highest BCUT2D eigenvalue weighted by Gasteiger charge is 2.36. The number of amides is 1. The molecule has 1 aliphatic heterocycles. The number of rotatable bonds is 10. The Balaban J connectivity index is 1.37. The number of aliphatic carboxylic acids is 1. The summed E-state index contributed by atoms with van der Waals surface area (Å²) in [5.41, 5.74) is 4.74. The van der Waals surface area contributed by atoms with Gasteiger partial charge >= 0.3 is 5.97 Å². The molecule has 1 aliphatic rings. The zero-order valence-corrected chi connectivity index (χ0v) is 22.5. The van der Waals surface area contributed by atoms with Crippen LogP contribution < -0.4 is 5.32 Å². The monoisotopic (exact) mass is 592 g/mol. The Kier molecular flexibility index (Phi) is 8.04. The molecule has 200 valence electrons. The molecule has 1 amide bonds. The van der Waals surface area contributed by atoms with E-state index in [-0.39, 0.29) is 24.8 Å². The summed E-state index contributed by atoms with van der Waals surface area (Å²) in [6.07, 6.45) is 1.86. The first-order chi connectivity index (χ1) is 18.9. The molecule has 1 saturated heterocycles. The lowest BCUT2D eigenvalue weighted by atomic mass is 10.1. The minimum atomic E-state index is -0.851. The number of carbonyl (C=O) groups excluding carboxylic acids is 1. The van der Waals surface area contributed by atoms with Crippen LogP contribution in [0.2, 0.25) is 0 Å². The fourth-order valence-electron chi connectivity index (χ4n) is 4.43. The molecule has 5 rings (SSSR count). The maximum Gasteiger partial charge on any atom is 0.305 e. The molecule has 1 fully saturated rings. The Morgan fingerprint density at radius 1 is 1.08 bits per heavy atom. The summed E-state index contributed by atoms with van der Waals surface area (Å²) in [5.74, 6) is -1.31. The molecule has 3 aromatic carbocycles. The van der Waals surface area contributed by atoms with Crippen LogP contribution in [0.15, 0.2) is 83.5 Å². The molecule has 0 aliphatic carbocycles. The molecular weight excluding hydrogens is 567 g/mol. The SMILES string of the molecule is O=C(O)CCNc1ccc(CCN2C(=O)COC2c2cn(-c3ccc(Br)cc3)nc2-c2ccc(F)cc2)cc1. The van der Waals surface area contributed by atoms with Gasteiger partial charge in [-0.1, -0.05) is 28.1 Å². The molecule has 1 atom stereocenters. The van der Waals surface area contributed by atoms with E-state index in [1.165, 1.54) is 12.1 Å². The van der Waals surface area contributed by atoms with E-state index in [4.69, 9.17) is 14.9 Å². The Labute approximate surface area is 233 Å². The van der Waals surface area contributed by atoms with Gasteiger partial charge in [-0.05, 0) is 72.6 Å². The van der Waals surface area contributed by atoms with Gasteiger partial charge in [0.15, 0.2) is 6.23 Å². The number of nitrogens with one attached hydrogen (secondary N) is 1. The first-order valence-corrected chi connectivity index (χ1v) is 13.2. The van der Waals surface area contributed by atoms with Crippen LogP contribution in [0, 0.1) is 5.82 Å². The summed E-state index contributed by atoms with van der Waals surface area (Å²) in [4.78, 5) is 25.3. The van der Waals surface area contributed by atoms with Gasteiger partial charge in [-0.2, -0.15) is 5.10 Å². The molecule has 10 heteroatoms. The number of halogens is 2. The highest BCUT2D eigenvalue weighted by atomic mass is 79.9. The minimum absolute atomic E-state index is 0.0383. The van der Waals surface area contributed by atoms with Crippen molar-refractivity contribution in [2.24, 2.45) is 0 Å². The second-order valence-electron chi connectivity index (χ2n) is 9.13. The third kappa shape index (κ3) is 6.35. The van der Waals surface area contributed by atoms with Crippen molar-refractivity contribution in [2.45, 2.75) is 19.1 Å². The van der Waals surface area contributed by atoms with Crippen molar-refractivity contribution in [3.63, 3.8) is 0 Å². The lowest BCUT2D eigenvalue weighted by molar-refractivity contribution is -0.136. The molecule has 4 aromatic rings. The van der Waals surface area contributed by atoms with Crippen LogP contribution in [0.4, 0.5) is 10.1 Å². The number of anilines is 1. The summed E-state index contributed by atoms with van der Waals surface area (Å²) in [6.45, 7) is 0.741. The van der Waals surface area contributed by atoms with Gasteiger partial charge in [0, 0.05) is 40.6 Å². The molecule has 2 N–H and O–H groups in total. The number of hydrogen-bond donors (Lipinski definition) is 2. The van der Waals surface area contributed by atoms with Gasteiger partial charge in [0.25, 0.3) is 5.91 Å². The van der Waals surface area contributed by atoms with Gasteiger partial charge in [-0.25, -0.2) is 9.07 Å². The topological polar surface area (TPSA) is 96.7 Å². The molecule has 2 heterocycles. The molecule has 1 aromatic heterocycles. The van der Waals surface area contributed by atoms with E-state index >= 15 is 0 Å². The van der Waals surface area contributed by atoms with E-state index in [0.717, 1.165) is 27.0 Å². The highest BCUT2D eigenvalue weighted by molar-refractivity contribution is 9.10. The quantitative estimate of drug-likeness (QED) is 0.255. The number of carboxylic acid groups (broad SMARTS) is 1. The molecular formula is C29H26BrFN4O4. The van der Waals surface area contributed by atoms with Crippen LogP contribution in [0.3, 0.4) is 0 Å². The largest absolute Gasteiger partial charge is 0.481 e. The molecule has 0 bridgehead atoms. The second-order valence-corrected chi connectivity index (χ2v) is 10.0. The van der Waals surface area contributed by atoms with Crippen molar-refractivity contribution in [1.29, 1.82) is 0 Å². The van der Waals surface area contributed by atoms with E-state index in [9.17, 15) is 14.0 Å². The Bertz CT molecular complexity index is 1460. The van der Waals surface area contributed by atoms with Gasteiger partial charge in [-0.3, -0.25) is 9.59 Å². The third-order valence-electron chi connectivity index (χ3n) is 6.45. The van der Waals surface area contributed by atoms with Crippen LogP contribution in [-0.2, 0) is 20.7 Å². The minimum Gasteiger partial charge on any atom is -0.481 e. The van der Waals surface area contributed by atoms with E-state index in [2.05, 4.69) is 21.2 Å². The van der Waals surface area contributed by atoms with E-state index < -0.39 is 12.2 Å². The van der Waals surface area contributed by atoms with Gasteiger partial charge < -0.3 is 20.1 Å². The first kappa shape index (κ1) is 26.6. The van der Waals surface area contributed by atoms with Gasteiger partial charge in [0.2, 0.25) is 0 Å². The van der Waals surface area contributed by atoms with Gasteiger partial charge in [-0.15, -0.1) is 0 Å². The molecule has 0 radical (unpaired) electrons. The zero-order chi connectivity index (χ0) is 27.4. The van der Waals surface area contributed by atoms with Crippen molar-refractivity contribution >= 4 is 33.5 Å². The molecule has 0 spiro atoms. The standard InChI is InChI=1S/C29H26BrFN4O4/c30-21-5-11-24(12-6-21)35-17-25(28(33-35)20-3-7-22(31)8-4-20)29-34(26(36)18-39-29)16-14-19-1-9-23(10-2-19)32-15-13-27(37)38/h1-12,17,29,32H,13-16,18H2,(H,37,38). The number of benzene rings is 3. The summed E-state index contributed by atoms with van der Waals surface area (Å²) in [7, 11) is 0. The van der Waals surface area contributed by atoms with Gasteiger partial charge in [0.05, 0.1) is 12.1 Å². The highest BCUT2D eigenvalue weighted by Crippen LogP contribution is 2.35. The fourth-order valence-corrected chi connectivity index (χ4v) is 4.70. The van der Waals surface area contributed by atoms with Crippen LogP contribution in [0.25, 0.3) is 16.9 Å². The first-order valence-electron chi connectivity index (χ1n) is 12.4. The van der Waals surface area contributed by atoms with Crippen LogP contribution in [-0.4, -0.2) is 51.4 Å². The number of nitrogens with zero attached hydrogens (tertiary/aromatic N) is 3. The van der Waals surface area contributed by atoms with Crippen molar-refractivity contribution in [2.75, 3.05) is 25.0 Å². The number of aromatic nitrogens is 2. The van der Waals surface area contributed by atoms with Crippen LogP contribution >= 0.6 is 15.9 Å². The molecule has 1 unspecified atom stereocenters. The zero-order valence-electron chi connectivity index (χ0n) is 20.9. The van der Waals surface area contributed by atoms with E-state index in [1.54, 1.807) is 21.7 Å². The number of carbonyl (C=O) groups is 2. The average Bonchev–Trinajstić information content (AvgIpc) is 3.52. The predicted molar refractivity (Wildman–Crippen MR) is 148 cm³/mol. The van der Waals surface area contributed by atoms with Crippen LogP contribution in [0.1, 0.15) is 23.8 Å². The number of ether oxygens (including phenoxy) is 1. The molecule has 39 heavy (non-hydrogen) atoms. The maximum absolute atomic E-state index is 13.7. The van der Waals surface area contributed by atoms with Crippen molar-refractivity contribution < 1.29 is 23.8 Å². The fraction of sp³-hybridized carbons (Fsp3) is 0.207. The maximum atomic E-state index is 13.7. The average molecular weight is 593 g/mol. The normalized spacial score (nSPS) is 15.1. The summed E-state index contributed by atoms with van der Waals surface area (Å²) in [5, 5.41) is 16.7. The third-order valence-corrected chi connectivity index (χ3v) is 6.98. The Hall–Kier alpha value is -4.02. The molecule has 8 nitrogen and oxygen atoms in total. The summed E-state index contributed by atoms with van der Waals surface area (Å²) in [6, 6.07) is 21.5. The summed E-state index contributed by atoms with van der Waals surface area (Å²) < 4.78 is 22.3. The number of hydrogen-bond acceptors (Lipinski definition) is 5.